The van der Waals surface area contributed by atoms with Crippen LogP contribution in [0.15, 0.2) is 12.5 Å². The first-order valence-electron chi connectivity index (χ1n) is 3.84. The van der Waals surface area contributed by atoms with Crippen LogP contribution in [0.4, 0.5) is 0 Å². The number of fused-ring (bicyclic) bond motifs is 1. The Hall–Kier alpha value is -0.920. The van der Waals surface area contributed by atoms with Gasteiger partial charge in [-0.25, -0.2) is 10.1 Å². The molecule has 0 radical (unpaired) electrons. The van der Waals surface area contributed by atoms with E-state index >= 15 is 0 Å². The van der Waals surface area contributed by atoms with Crippen molar-refractivity contribution in [1.29, 1.82) is 0 Å². The molecule has 0 unspecified atom stereocenters. The van der Waals surface area contributed by atoms with Crippen LogP contribution in [0.3, 0.4) is 0 Å². The second-order valence-corrected chi connectivity index (χ2v) is 4.50. The van der Waals surface area contributed by atoms with E-state index in [2.05, 4.69) is 4.98 Å². The fourth-order valence-electron chi connectivity index (χ4n) is 1.38. The van der Waals surface area contributed by atoms with Gasteiger partial charge in [-0.05, 0) is 0 Å². The molecule has 2 N–H and O–H groups in total. The van der Waals surface area contributed by atoms with Crippen LogP contribution in [-0.2, 0) is 23.3 Å². The fourth-order valence-corrected chi connectivity index (χ4v) is 2.03. The first kappa shape index (κ1) is 8.67. The van der Waals surface area contributed by atoms with Crippen molar-refractivity contribution in [3.63, 3.8) is 0 Å². The Labute approximate surface area is 76.2 Å². The molecule has 0 saturated heterocycles. The van der Waals surface area contributed by atoms with E-state index in [9.17, 15) is 8.42 Å². The number of nitrogens with two attached hydrogens (primary N) is 1. The second-order valence-electron chi connectivity index (χ2n) is 2.96. The average molecular weight is 202 g/mol. The van der Waals surface area contributed by atoms with Crippen molar-refractivity contribution < 1.29 is 8.42 Å². The Morgan fingerprint density at radius 1 is 1.46 bits per heavy atom. The maximum absolute atomic E-state index is 11.0. The number of aromatic nitrogens is 2. The third kappa shape index (κ3) is 1.58. The molecule has 0 bridgehead atoms. The molecule has 7 heteroatoms. The minimum Gasteiger partial charge on any atom is -0.332 e. The molecule has 2 heterocycles. The highest BCUT2D eigenvalue weighted by atomic mass is 32.2. The summed E-state index contributed by atoms with van der Waals surface area (Å²) in [6.45, 7) is 1.35. The summed E-state index contributed by atoms with van der Waals surface area (Å²) in [6.07, 6.45) is 3.34. The van der Waals surface area contributed by atoms with E-state index in [1.807, 2.05) is 4.57 Å². The van der Waals surface area contributed by atoms with E-state index in [0.29, 0.717) is 19.6 Å². The zero-order valence-electron chi connectivity index (χ0n) is 6.92. The highest BCUT2D eigenvalue weighted by Gasteiger charge is 2.23. The molecule has 1 aromatic rings. The molecular formula is C6H10N4O2S. The summed E-state index contributed by atoms with van der Waals surface area (Å²) in [5.41, 5.74) is 0.875. The minimum absolute atomic E-state index is 0.318. The third-order valence-electron chi connectivity index (χ3n) is 2.09. The third-order valence-corrected chi connectivity index (χ3v) is 3.12. The molecule has 0 fully saturated rings. The summed E-state index contributed by atoms with van der Waals surface area (Å²) in [5, 5.41) is 5.00. The van der Waals surface area contributed by atoms with Crippen molar-refractivity contribution >= 4 is 10.2 Å². The molecule has 6 nitrogen and oxygen atoms in total. The van der Waals surface area contributed by atoms with E-state index in [-0.39, 0.29) is 0 Å². The first-order valence-corrected chi connectivity index (χ1v) is 5.34. The Morgan fingerprint density at radius 3 is 2.92 bits per heavy atom. The largest absolute Gasteiger partial charge is 0.332 e. The Balaban J connectivity index is 2.27. The predicted octanol–water partition coefficient (Wildman–Crippen LogP) is -1.10. The molecule has 0 amide bonds. The fraction of sp³-hybridized carbons (Fsp3) is 0.500. The number of hydrogen-bond donors (Lipinski definition) is 1. The molecule has 0 aromatic carbocycles. The maximum Gasteiger partial charge on any atom is 0.277 e. The maximum atomic E-state index is 11.0. The van der Waals surface area contributed by atoms with Crippen LogP contribution < -0.4 is 5.14 Å². The van der Waals surface area contributed by atoms with Crippen molar-refractivity contribution in [3.8, 4) is 0 Å². The molecule has 1 aliphatic rings. The van der Waals surface area contributed by atoms with E-state index in [1.54, 1.807) is 12.5 Å². The van der Waals surface area contributed by atoms with Gasteiger partial charge in [0.15, 0.2) is 0 Å². The molecular weight excluding hydrogens is 192 g/mol. The molecule has 0 spiro atoms. The van der Waals surface area contributed by atoms with E-state index in [0.717, 1.165) is 5.69 Å². The smallest absolute Gasteiger partial charge is 0.277 e. The average Bonchev–Trinajstić information content (AvgIpc) is 2.47. The normalized spacial score (nSPS) is 18.5. The van der Waals surface area contributed by atoms with Crippen molar-refractivity contribution in [2.45, 2.75) is 13.1 Å². The molecule has 0 atom stereocenters. The lowest BCUT2D eigenvalue weighted by Crippen LogP contribution is -2.41. The van der Waals surface area contributed by atoms with Gasteiger partial charge in [0.25, 0.3) is 10.2 Å². The lowest BCUT2D eigenvalue weighted by molar-refractivity contribution is 0.342. The Morgan fingerprint density at radius 2 is 2.23 bits per heavy atom. The van der Waals surface area contributed by atoms with Gasteiger partial charge in [-0.3, -0.25) is 0 Å². The van der Waals surface area contributed by atoms with Gasteiger partial charge in [0.05, 0.1) is 18.6 Å². The predicted molar refractivity (Wildman–Crippen MR) is 45.7 cm³/mol. The van der Waals surface area contributed by atoms with E-state index < -0.39 is 10.2 Å². The van der Waals surface area contributed by atoms with Gasteiger partial charge >= 0.3 is 0 Å². The minimum atomic E-state index is -3.55. The Bertz CT molecular complexity index is 410. The van der Waals surface area contributed by atoms with Gasteiger partial charge in [-0.15, -0.1) is 0 Å². The van der Waals surface area contributed by atoms with Crippen LogP contribution in [0.25, 0.3) is 0 Å². The molecule has 0 aliphatic carbocycles. The number of hydrogen-bond acceptors (Lipinski definition) is 3. The molecule has 0 saturated carbocycles. The monoisotopic (exact) mass is 202 g/mol. The number of imidazole rings is 1. The summed E-state index contributed by atoms with van der Waals surface area (Å²) in [6, 6.07) is 0. The second kappa shape index (κ2) is 2.79. The molecule has 1 aliphatic heterocycles. The SMILES string of the molecule is NS(=O)(=O)N1CCn2cncc2C1. The highest BCUT2D eigenvalue weighted by molar-refractivity contribution is 7.86. The van der Waals surface area contributed by atoms with Crippen molar-refractivity contribution in [1.82, 2.24) is 13.9 Å². The van der Waals surface area contributed by atoms with Crippen LogP contribution >= 0.6 is 0 Å². The first-order chi connectivity index (χ1) is 6.07. The van der Waals surface area contributed by atoms with Gasteiger partial charge in [-0.1, -0.05) is 0 Å². The summed E-state index contributed by atoms with van der Waals surface area (Å²) in [7, 11) is -3.55. The zero-order valence-corrected chi connectivity index (χ0v) is 7.74. The van der Waals surface area contributed by atoms with Gasteiger partial charge in [0, 0.05) is 19.3 Å². The molecule has 1 aromatic heterocycles. The van der Waals surface area contributed by atoms with Gasteiger partial charge in [-0.2, -0.15) is 12.7 Å². The van der Waals surface area contributed by atoms with Crippen molar-refractivity contribution in [2.75, 3.05) is 6.54 Å². The van der Waals surface area contributed by atoms with Crippen LogP contribution in [0, 0.1) is 0 Å². The number of nitrogens with zero attached hydrogens (tertiary/aromatic N) is 3. The summed E-state index contributed by atoms with van der Waals surface area (Å²) < 4.78 is 25.1. The molecule has 72 valence electrons. The van der Waals surface area contributed by atoms with Crippen LogP contribution in [-0.4, -0.2) is 28.8 Å². The van der Waals surface area contributed by atoms with Gasteiger partial charge < -0.3 is 4.57 Å². The van der Waals surface area contributed by atoms with E-state index in [1.165, 1.54) is 4.31 Å². The quantitative estimate of drug-likeness (QED) is 0.627. The van der Waals surface area contributed by atoms with Crippen molar-refractivity contribution in [2.24, 2.45) is 5.14 Å². The Kier molecular flexibility index (Phi) is 1.86. The lowest BCUT2D eigenvalue weighted by Gasteiger charge is -2.25. The van der Waals surface area contributed by atoms with Crippen molar-refractivity contribution in [3.05, 3.63) is 18.2 Å². The summed E-state index contributed by atoms with van der Waals surface area (Å²) in [5.74, 6) is 0. The topological polar surface area (TPSA) is 81.2 Å². The van der Waals surface area contributed by atoms with E-state index in [4.69, 9.17) is 5.14 Å². The molecule has 13 heavy (non-hydrogen) atoms. The molecule has 2 rings (SSSR count). The van der Waals surface area contributed by atoms with Gasteiger partial charge in [0.2, 0.25) is 0 Å². The van der Waals surface area contributed by atoms with Crippen LogP contribution in [0.5, 0.6) is 0 Å². The van der Waals surface area contributed by atoms with Gasteiger partial charge in [0.1, 0.15) is 0 Å². The van der Waals surface area contributed by atoms with Crippen LogP contribution in [0.1, 0.15) is 5.69 Å². The summed E-state index contributed by atoms with van der Waals surface area (Å²) in [4.78, 5) is 3.92. The lowest BCUT2D eigenvalue weighted by atomic mass is 10.4. The number of rotatable bonds is 1. The highest BCUT2D eigenvalue weighted by Crippen LogP contribution is 2.12. The van der Waals surface area contributed by atoms with Crippen LogP contribution in [0.2, 0.25) is 0 Å². The zero-order chi connectivity index (χ0) is 9.47. The standard InChI is InChI=1S/C6H10N4O2S/c7-13(11,12)10-2-1-9-5-8-3-6(9)4-10/h3,5H,1-2,4H2,(H2,7,11,12). The summed E-state index contributed by atoms with van der Waals surface area (Å²) >= 11 is 0.